The van der Waals surface area contributed by atoms with Crippen LogP contribution in [0.25, 0.3) is 0 Å². The number of rotatable bonds is 0. The van der Waals surface area contributed by atoms with Crippen LogP contribution in [0.15, 0.2) is 0 Å². The van der Waals surface area contributed by atoms with Crippen LogP contribution in [0, 0.1) is 0 Å². The van der Waals surface area contributed by atoms with Crippen LogP contribution in [0.3, 0.4) is 0 Å². The summed E-state index contributed by atoms with van der Waals surface area (Å²) in [5.74, 6) is 0. The Morgan fingerprint density at radius 3 is 0.917 bits per heavy atom. The molecule has 0 atom stereocenters. The van der Waals surface area contributed by atoms with Gasteiger partial charge in [0.05, 0.1) is 11.7 Å². The van der Waals surface area contributed by atoms with Crippen molar-refractivity contribution in [2.24, 2.45) is 0 Å². The molecule has 1 fully saturated rings. The average molecular weight is 337 g/mol. The zero-order valence-corrected chi connectivity index (χ0v) is 13.8. The van der Waals surface area contributed by atoms with E-state index < -0.39 is 29.8 Å². The highest BCUT2D eigenvalue weighted by Crippen LogP contribution is 2.75. The van der Waals surface area contributed by atoms with E-state index in [0.29, 0.717) is 0 Å². The Morgan fingerprint density at radius 2 is 0.750 bits per heavy atom. The zero-order chi connectivity index (χ0) is 9.46. The summed E-state index contributed by atoms with van der Waals surface area (Å²) >= 11 is 27.1. The van der Waals surface area contributed by atoms with Gasteiger partial charge in [0.25, 0.3) is 0 Å². The van der Waals surface area contributed by atoms with Crippen molar-refractivity contribution in [3.63, 3.8) is 0 Å². The topological polar surface area (TPSA) is 0 Å². The lowest BCUT2D eigenvalue weighted by Crippen LogP contribution is -2.18. The van der Waals surface area contributed by atoms with Crippen molar-refractivity contribution >= 4 is 103 Å². The van der Waals surface area contributed by atoms with Crippen LogP contribution in [-0.2, 0) is 0 Å². The van der Waals surface area contributed by atoms with Crippen LogP contribution < -0.4 is 0 Å². The Bertz CT molecular complexity index is 101. The van der Waals surface area contributed by atoms with Gasteiger partial charge in [-0.25, -0.2) is 0 Å². The first-order valence-corrected chi connectivity index (χ1v) is 12.4. The smallest absolute Gasteiger partial charge is 0.0765 e. The molecule has 9 heteroatoms. The van der Waals surface area contributed by atoms with Gasteiger partial charge in [-0.2, -0.15) is 67.7 Å². The second-order valence-electron chi connectivity index (χ2n) is 2.18. The van der Waals surface area contributed by atoms with Crippen LogP contribution >= 0.6 is 103 Å². The molecule has 0 N–H and O–H groups in total. The fourth-order valence-corrected chi connectivity index (χ4v) is 21.1. The van der Waals surface area contributed by atoms with Crippen LogP contribution in [0.5, 0.6) is 0 Å². The molecule has 1 aliphatic heterocycles. The van der Waals surface area contributed by atoms with Gasteiger partial charge >= 0.3 is 0 Å². The molecule has 0 radical (unpaired) electrons. The summed E-state index contributed by atoms with van der Waals surface area (Å²) in [6.07, 6.45) is 0. The van der Waals surface area contributed by atoms with Crippen LogP contribution in [0.1, 0.15) is 0 Å². The molecule has 0 aromatic carbocycles. The third-order valence-corrected chi connectivity index (χ3v) is 23.9. The van der Waals surface area contributed by atoms with E-state index in [1.807, 2.05) is 0 Å². The molecular formula is C3H12S9. The second kappa shape index (κ2) is 5.47. The molecule has 1 heterocycles. The van der Waals surface area contributed by atoms with Gasteiger partial charge in [0.1, 0.15) is 0 Å². The van der Waals surface area contributed by atoms with Gasteiger partial charge in [0.15, 0.2) is 0 Å². The predicted octanol–water partition coefficient (Wildman–Crippen LogP) is 3.18. The Balaban J connectivity index is 2.76. The van der Waals surface area contributed by atoms with Crippen molar-refractivity contribution in [2.45, 2.75) is 11.7 Å². The molecule has 0 unspecified atom stereocenters. The van der Waals surface area contributed by atoms with Crippen molar-refractivity contribution in [1.82, 2.24) is 0 Å². The minimum Gasteiger partial charge on any atom is -0.167 e. The molecule has 12 heavy (non-hydrogen) atoms. The molecule has 0 bridgehead atoms. The monoisotopic (exact) mass is 336 g/mol. The quantitative estimate of drug-likeness (QED) is 0.236. The Labute approximate surface area is 113 Å². The maximum atomic E-state index is 4.52. The maximum Gasteiger partial charge on any atom is 0.0765 e. The summed E-state index contributed by atoms with van der Waals surface area (Å²) in [6.45, 7) is 0. The summed E-state index contributed by atoms with van der Waals surface area (Å²) < 4.78 is 0.827. The minimum atomic E-state index is -0.441. The normalized spacial score (nSPS) is 64.5. The Hall–Kier alpha value is 3.15. The van der Waals surface area contributed by atoms with E-state index >= 15 is 0 Å². The molecule has 0 nitrogen and oxygen atoms in total. The van der Waals surface area contributed by atoms with E-state index in [1.54, 1.807) is 0 Å². The van der Waals surface area contributed by atoms with Crippen molar-refractivity contribution in [3.05, 3.63) is 0 Å². The third-order valence-electron chi connectivity index (χ3n) is 1.42. The molecular weight excluding hydrogens is 325 g/mol. The van der Waals surface area contributed by atoms with Crippen molar-refractivity contribution in [1.29, 1.82) is 0 Å². The third kappa shape index (κ3) is 2.63. The van der Waals surface area contributed by atoms with E-state index in [2.05, 4.69) is 72.9 Å². The van der Waals surface area contributed by atoms with E-state index in [1.165, 1.54) is 0 Å². The maximum absolute atomic E-state index is 4.52. The molecule has 0 amide bonds. The first-order chi connectivity index (χ1) is 5.46. The van der Waals surface area contributed by atoms with Gasteiger partial charge in [-0.3, -0.25) is 0 Å². The fourth-order valence-electron chi connectivity index (χ4n) is 0.721. The highest BCUT2D eigenvalue weighted by molar-refractivity contribution is 9.02. The van der Waals surface area contributed by atoms with Crippen molar-refractivity contribution < 1.29 is 0 Å². The van der Waals surface area contributed by atoms with Gasteiger partial charge < -0.3 is 0 Å². The molecule has 0 aromatic rings. The number of thiol groups is 9. The molecule has 1 saturated heterocycles. The lowest BCUT2D eigenvalue weighted by Gasteiger charge is -2.48. The van der Waals surface area contributed by atoms with Gasteiger partial charge in [-0.05, 0) is 0 Å². The molecule has 0 saturated carbocycles. The summed E-state index contributed by atoms with van der Waals surface area (Å²) in [6, 6.07) is 0. The fraction of sp³-hybridized carbons (Fsp3) is 1.00. The van der Waals surface area contributed by atoms with Gasteiger partial charge in [-0.15, -0.1) is 35.0 Å². The van der Waals surface area contributed by atoms with Crippen molar-refractivity contribution in [2.75, 3.05) is 0 Å². The first kappa shape index (κ1) is 13.2. The molecule has 0 aromatic heterocycles. The van der Waals surface area contributed by atoms with Gasteiger partial charge in [0, 0.05) is 0 Å². The number of hydrogen-bond acceptors (Lipinski definition) is 6. The van der Waals surface area contributed by atoms with E-state index in [-0.39, 0.29) is 11.7 Å². The van der Waals surface area contributed by atoms with Crippen LogP contribution in [0.4, 0.5) is 0 Å². The molecule has 0 spiro atoms. The largest absolute Gasteiger partial charge is 0.167 e. The summed E-state index contributed by atoms with van der Waals surface area (Å²) in [7, 11) is -1.32. The highest BCUT2D eigenvalue weighted by atomic mass is 33.2. The Morgan fingerprint density at radius 1 is 0.583 bits per heavy atom. The summed E-state index contributed by atoms with van der Waals surface area (Å²) in [5.41, 5.74) is 0. The lowest BCUT2D eigenvalue weighted by atomic mass is 11.8. The predicted molar refractivity (Wildman–Crippen MR) is 92.2 cm³/mol. The minimum absolute atomic E-state index is 0.276. The molecule has 1 rings (SSSR count). The zero-order valence-electron chi connectivity index (χ0n) is 5.76. The molecule has 0 aliphatic carbocycles. The van der Waals surface area contributed by atoms with Gasteiger partial charge in [0.2, 0.25) is 0 Å². The average Bonchev–Trinajstić information content (AvgIpc) is 2.08. The second-order valence-corrected chi connectivity index (χ2v) is 16.9. The summed E-state index contributed by atoms with van der Waals surface area (Å²) in [4.78, 5) is 0. The van der Waals surface area contributed by atoms with Crippen LogP contribution in [0.2, 0.25) is 0 Å². The molecule has 78 valence electrons. The number of hydrogen-bond donors (Lipinski definition) is 9. The lowest BCUT2D eigenvalue weighted by molar-refractivity contribution is 1.84. The van der Waals surface area contributed by atoms with E-state index in [9.17, 15) is 0 Å². The van der Waals surface area contributed by atoms with Crippen LogP contribution in [-0.4, -0.2) is 11.7 Å². The SMILES string of the molecule is SC1[SH](S)C(S)[SH](S)C(S)[SH]1S. The van der Waals surface area contributed by atoms with E-state index in [4.69, 9.17) is 0 Å². The summed E-state index contributed by atoms with van der Waals surface area (Å²) in [5, 5.41) is 0. The molecule has 1 aliphatic rings. The van der Waals surface area contributed by atoms with Crippen molar-refractivity contribution in [3.8, 4) is 0 Å². The standard InChI is InChI=1S/C3H12S9/c4-1-10(7)2(5)12(9)3(6)11(1)8/h1-12H. The van der Waals surface area contributed by atoms with E-state index in [0.717, 1.165) is 0 Å². The highest BCUT2D eigenvalue weighted by Gasteiger charge is 2.36. The first-order valence-electron chi connectivity index (χ1n) is 2.92. The Kier molecular flexibility index (Phi) is 6.02. The van der Waals surface area contributed by atoms with Gasteiger partial charge in [-0.1, -0.05) is 0 Å².